The molecule has 1 aromatic rings. The van der Waals surface area contributed by atoms with Gasteiger partial charge in [-0.3, -0.25) is 9.59 Å². The van der Waals surface area contributed by atoms with E-state index < -0.39 is 11.7 Å². The Morgan fingerprint density at radius 3 is 3.00 bits per heavy atom. The monoisotopic (exact) mass is 294 g/mol. The Labute approximate surface area is 123 Å². The number of nitrogens with zero attached hydrogens (tertiary/aromatic N) is 1. The number of ether oxygens (including phenoxy) is 1. The van der Waals surface area contributed by atoms with Crippen LogP contribution in [-0.2, 0) is 14.3 Å². The molecule has 1 N–H and O–H groups in total. The predicted octanol–water partition coefficient (Wildman–Crippen LogP) is 1.65. The highest BCUT2D eigenvalue weighted by atomic mass is 19.1. The number of methoxy groups -OCH3 is 1. The summed E-state index contributed by atoms with van der Waals surface area (Å²) in [5, 5.41) is 2.65. The molecule has 21 heavy (non-hydrogen) atoms. The number of halogens is 1. The summed E-state index contributed by atoms with van der Waals surface area (Å²) in [6, 6.07) is 5.64. The first-order chi connectivity index (χ1) is 10.0. The van der Waals surface area contributed by atoms with Crippen LogP contribution < -0.4 is 5.32 Å². The molecule has 0 unspecified atom stereocenters. The minimum absolute atomic E-state index is 0.0565. The van der Waals surface area contributed by atoms with E-state index in [0.29, 0.717) is 18.8 Å². The summed E-state index contributed by atoms with van der Waals surface area (Å²) >= 11 is 0. The van der Waals surface area contributed by atoms with Crippen LogP contribution in [0.4, 0.5) is 10.1 Å². The van der Waals surface area contributed by atoms with E-state index in [1.165, 1.54) is 18.2 Å². The van der Waals surface area contributed by atoms with Crippen LogP contribution in [0, 0.1) is 11.7 Å². The Balaban J connectivity index is 1.97. The van der Waals surface area contributed by atoms with Gasteiger partial charge in [0.1, 0.15) is 5.82 Å². The minimum Gasteiger partial charge on any atom is -0.383 e. The van der Waals surface area contributed by atoms with E-state index in [1.807, 2.05) is 6.92 Å². The van der Waals surface area contributed by atoms with E-state index in [0.717, 1.165) is 0 Å². The van der Waals surface area contributed by atoms with Gasteiger partial charge in [-0.2, -0.15) is 0 Å². The van der Waals surface area contributed by atoms with Crippen LogP contribution in [-0.4, -0.2) is 43.0 Å². The molecule has 2 rings (SSSR count). The lowest BCUT2D eigenvalue weighted by atomic mass is 10.1. The zero-order valence-corrected chi connectivity index (χ0v) is 12.1. The van der Waals surface area contributed by atoms with Crippen molar-refractivity contribution in [3.8, 4) is 0 Å². The van der Waals surface area contributed by atoms with Gasteiger partial charge in [0.05, 0.1) is 18.6 Å². The fourth-order valence-corrected chi connectivity index (χ4v) is 2.47. The van der Waals surface area contributed by atoms with Crippen molar-refractivity contribution in [2.24, 2.45) is 5.92 Å². The lowest BCUT2D eigenvalue weighted by molar-refractivity contribution is -0.130. The van der Waals surface area contributed by atoms with Crippen molar-refractivity contribution in [3.63, 3.8) is 0 Å². The topological polar surface area (TPSA) is 58.6 Å². The van der Waals surface area contributed by atoms with Gasteiger partial charge in [0.2, 0.25) is 11.8 Å². The van der Waals surface area contributed by atoms with E-state index in [9.17, 15) is 14.0 Å². The van der Waals surface area contributed by atoms with E-state index in [2.05, 4.69) is 5.32 Å². The highest BCUT2D eigenvalue weighted by molar-refractivity contribution is 5.97. The Hall–Kier alpha value is -1.95. The minimum atomic E-state index is -0.417. The van der Waals surface area contributed by atoms with Crippen LogP contribution in [0.5, 0.6) is 0 Å². The second-order valence-corrected chi connectivity index (χ2v) is 5.25. The maximum Gasteiger partial charge on any atom is 0.229 e. The molecule has 0 aromatic heterocycles. The second kappa shape index (κ2) is 6.67. The van der Waals surface area contributed by atoms with Gasteiger partial charge < -0.3 is 15.0 Å². The van der Waals surface area contributed by atoms with Crippen molar-refractivity contribution in [1.29, 1.82) is 0 Å². The summed E-state index contributed by atoms with van der Waals surface area (Å²) in [5.41, 5.74) is 0.399. The molecule has 0 saturated carbocycles. The number of nitrogens with one attached hydrogen (secondary N) is 1. The molecule has 1 saturated heterocycles. The molecular formula is C15H19FN2O3. The van der Waals surface area contributed by atoms with Gasteiger partial charge in [-0.05, 0) is 25.1 Å². The molecule has 0 radical (unpaired) electrons. The Bertz CT molecular complexity index is 535. The Kier molecular flexibility index (Phi) is 4.90. The summed E-state index contributed by atoms with van der Waals surface area (Å²) in [6.45, 7) is 2.68. The van der Waals surface area contributed by atoms with Crippen LogP contribution in [0.1, 0.15) is 13.3 Å². The molecule has 0 aliphatic carbocycles. The normalized spacial score (nSPS) is 19.7. The van der Waals surface area contributed by atoms with Crippen molar-refractivity contribution in [2.75, 3.05) is 25.6 Å². The first-order valence-corrected chi connectivity index (χ1v) is 6.86. The van der Waals surface area contributed by atoms with Crippen molar-refractivity contribution in [3.05, 3.63) is 30.1 Å². The third-order valence-electron chi connectivity index (χ3n) is 3.56. The zero-order chi connectivity index (χ0) is 15.4. The molecule has 0 spiro atoms. The van der Waals surface area contributed by atoms with Gasteiger partial charge >= 0.3 is 0 Å². The van der Waals surface area contributed by atoms with Crippen LogP contribution >= 0.6 is 0 Å². The molecule has 0 bridgehead atoms. The number of hydrogen-bond acceptors (Lipinski definition) is 3. The highest BCUT2D eigenvalue weighted by Gasteiger charge is 2.36. The summed E-state index contributed by atoms with van der Waals surface area (Å²) < 4.78 is 18.1. The smallest absolute Gasteiger partial charge is 0.229 e. The van der Waals surface area contributed by atoms with Gasteiger partial charge in [-0.25, -0.2) is 4.39 Å². The van der Waals surface area contributed by atoms with Crippen LogP contribution in [0.25, 0.3) is 0 Å². The number of anilines is 1. The predicted molar refractivity (Wildman–Crippen MR) is 76.2 cm³/mol. The lowest BCUT2D eigenvalue weighted by Crippen LogP contribution is -2.38. The number of rotatable bonds is 5. The summed E-state index contributed by atoms with van der Waals surface area (Å²) in [4.78, 5) is 25.7. The third kappa shape index (κ3) is 3.78. The number of hydrogen-bond donors (Lipinski definition) is 1. The van der Waals surface area contributed by atoms with E-state index in [4.69, 9.17) is 4.74 Å². The summed E-state index contributed by atoms with van der Waals surface area (Å²) in [5.74, 6) is -1.15. The molecule has 114 valence electrons. The van der Waals surface area contributed by atoms with Crippen molar-refractivity contribution < 1.29 is 18.7 Å². The molecule has 1 fully saturated rings. The number of benzene rings is 1. The number of carbonyl (C=O) groups excluding carboxylic acids is 2. The van der Waals surface area contributed by atoms with Gasteiger partial charge in [0.15, 0.2) is 0 Å². The van der Waals surface area contributed by atoms with Crippen LogP contribution in [0.3, 0.4) is 0 Å². The maximum atomic E-state index is 13.1. The van der Waals surface area contributed by atoms with Gasteiger partial charge in [0.25, 0.3) is 0 Å². The number of likely N-dealkylation sites (tertiary alicyclic amines) is 1. The zero-order valence-electron chi connectivity index (χ0n) is 12.1. The maximum absolute atomic E-state index is 13.1. The second-order valence-electron chi connectivity index (χ2n) is 5.25. The standard InChI is InChI=1S/C15H19FN2O3/c1-10(9-21-2)18-8-11(6-14(18)19)15(20)17-13-5-3-4-12(16)7-13/h3-5,7,10-11H,6,8-9H2,1-2H3,(H,17,20)/t10-,11-/m0/s1. The fraction of sp³-hybridized carbons (Fsp3) is 0.467. The molecule has 1 aliphatic heterocycles. The Morgan fingerprint density at radius 1 is 1.57 bits per heavy atom. The molecule has 1 aromatic carbocycles. The quantitative estimate of drug-likeness (QED) is 0.898. The average Bonchev–Trinajstić information content (AvgIpc) is 2.81. The number of carbonyl (C=O) groups is 2. The molecule has 1 aliphatic rings. The first kappa shape index (κ1) is 15.4. The first-order valence-electron chi connectivity index (χ1n) is 6.86. The molecular weight excluding hydrogens is 275 g/mol. The number of amides is 2. The van der Waals surface area contributed by atoms with Gasteiger partial charge in [-0.15, -0.1) is 0 Å². The molecule has 6 heteroatoms. The lowest BCUT2D eigenvalue weighted by Gasteiger charge is -2.23. The van der Waals surface area contributed by atoms with Crippen molar-refractivity contribution in [1.82, 2.24) is 4.90 Å². The molecule has 1 heterocycles. The Morgan fingerprint density at radius 2 is 2.33 bits per heavy atom. The summed E-state index contributed by atoms with van der Waals surface area (Å²) in [7, 11) is 1.57. The summed E-state index contributed by atoms with van der Waals surface area (Å²) in [6.07, 6.45) is 0.176. The van der Waals surface area contributed by atoms with E-state index in [1.54, 1.807) is 18.1 Å². The molecule has 5 nitrogen and oxygen atoms in total. The highest BCUT2D eigenvalue weighted by Crippen LogP contribution is 2.22. The van der Waals surface area contributed by atoms with Crippen LogP contribution in [0.2, 0.25) is 0 Å². The van der Waals surface area contributed by atoms with Crippen molar-refractivity contribution >= 4 is 17.5 Å². The molecule has 2 atom stereocenters. The fourth-order valence-electron chi connectivity index (χ4n) is 2.47. The van der Waals surface area contributed by atoms with Crippen molar-refractivity contribution in [2.45, 2.75) is 19.4 Å². The van der Waals surface area contributed by atoms with Gasteiger partial charge in [0, 0.05) is 25.8 Å². The largest absolute Gasteiger partial charge is 0.383 e. The third-order valence-corrected chi connectivity index (χ3v) is 3.56. The van der Waals surface area contributed by atoms with E-state index in [-0.39, 0.29) is 24.3 Å². The SMILES string of the molecule is COC[C@H](C)N1C[C@@H](C(=O)Nc2cccc(F)c2)CC1=O. The average molecular weight is 294 g/mol. The molecule has 2 amide bonds. The van der Waals surface area contributed by atoms with Gasteiger partial charge in [-0.1, -0.05) is 6.07 Å². The van der Waals surface area contributed by atoms with Crippen LogP contribution in [0.15, 0.2) is 24.3 Å². The van der Waals surface area contributed by atoms with E-state index >= 15 is 0 Å².